The summed E-state index contributed by atoms with van der Waals surface area (Å²) < 4.78 is 5.20. The Labute approximate surface area is 189 Å². The van der Waals surface area contributed by atoms with Gasteiger partial charge in [-0.1, -0.05) is 30.3 Å². The van der Waals surface area contributed by atoms with Crippen molar-refractivity contribution < 1.29 is 14.3 Å². The first-order valence-electron chi connectivity index (χ1n) is 11.2. The topological polar surface area (TPSA) is 65.1 Å². The SMILES string of the molecule is COc1ccc(N2CC(C(=O)NC(CN3CCN(C)CC3)c3ccccc3)CC2=O)cc1. The van der Waals surface area contributed by atoms with Crippen LogP contribution in [-0.4, -0.2) is 75.0 Å². The molecule has 7 nitrogen and oxygen atoms in total. The Kier molecular flexibility index (Phi) is 7.07. The van der Waals surface area contributed by atoms with Gasteiger partial charge in [-0.15, -0.1) is 0 Å². The third-order valence-electron chi connectivity index (χ3n) is 6.44. The van der Waals surface area contributed by atoms with Crippen molar-refractivity contribution in [1.29, 1.82) is 0 Å². The first-order chi connectivity index (χ1) is 15.5. The number of anilines is 1. The van der Waals surface area contributed by atoms with Gasteiger partial charge in [0.15, 0.2) is 0 Å². The van der Waals surface area contributed by atoms with Crippen LogP contribution in [0.5, 0.6) is 5.75 Å². The number of carbonyl (C=O) groups excluding carboxylic acids is 2. The van der Waals surface area contributed by atoms with Gasteiger partial charge in [-0.05, 0) is 36.9 Å². The summed E-state index contributed by atoms with van der Waals surface area (Å²) in [5, 5.41) is 3.25. The fraction of sp³-hybridized carbons (Fsp3) is 0.440. The fourth-order valence-corrected chi connectivity index (χ4v) is 4.39. The molecule has 0 saturated carbocycles. The molecule has 0 bridgehead atoms. The second kappa shape index (κ2) is 10.1. The largest absolute Gasteiger partial charge is 0.497 e. The third kappa shape index (κ3) is 5.29. The molecule has 2 aromatic rings. The van der Waals surface area contributed by atoms with Crippen molar-refractivity contribution in [2.75, 3.05) is 58.3 Å². The lowest BCUT2D eigenvalue weighted by molar-refractivity contribution is -0.127. The van der Waals surface area contributed by atoms with E-state index in [1.165, 1.54) is 0 Å². The number of hydrogen-bond donors (Lipinski definition) is 1. The number of rotatable bonds is 7. The number of hydrogen-bond acceptors (Lipinski definition) is 5. The average molecular weight is 437 g/mol. The minimum absolute atomic E-state index is 0.0226. The summed E-state index contributed by atoms with van der Waals surface area (Å²) in [4.78, 5) is 32.3. The molecule has 2 fully saturated rings. The zero-order valence-corrected chi connectivity index (χ0v) is 18.9. The van der Waals surface area contributed by atoms with Crippen molar-refractivity contribution in [3.05, 3.63) is 60.2 Å². The maximum atomic E-state index is 13.2. The van der Waals surface area contributed by atoms with Crippen LogP contribution >= 0.6 is 0 Å². The first kappa shape index (κ1) is 22.3. The van der Waals surface area contributed by atoms with Crippen LogP contribution in [0.15, 0.2) is 54.6 Å². The lowest BCUT2D eigenvalue weighted by Crippen LogP contribution is -2.48. The number of benzene rings is 2. The van der Waals surface area contributed by atoms with Gasteiger partial charge < -0.3 is 19.9 Å². The molecular formula is C25H32N4O3. The van der Waals surface area contributed by atoms with Crippen molar-refractivity contribution in [2.24, 2.45) is 5.92 Å². The van der Waals surface area contributed by atoms with E-state index in [-0.39, 0.29) is 30.2 Å². The van der Waals surface area contributed by atoms with Crippen LogP contribution in [0.2, 0.25) is 0 Å². The van der Waals surface area contributed by atoms with Gasteiger partial charge in [0.1, 0.15) is 5.75 Å². The second-order valence-electron chi connectivity index (χ2n) is 8.68. The molecule has 170 valence electrons. The summed E-state index contributed by atoms with van der Waals surface area (Å²) in [5.41, 5.74) is 1.89. The van der Waals surface area contributed by atoms with Gasteiger partial charge in [-0.3, -0.25) is 14.5 Å². The van der Waals surface area contributed by atoms with Crippen LogP contribution < -0.4 is 15.0 Å². The van der Waals surface area contributed by atoms with E-state index in [2.05, 4.69) is 34.3 Å². The predicted molar refractivity (Wildman–Crippen MR) is 125 cm³/mol. The number of carbonyl (C=O) groups is 2. The van der Waals surface area contributed by atoms with Gasteiger partial charge >= 0.3 is 0 Å². The smallest absolute Gasteiger partial charge is 0.227 e. The highest BCUT2D eigenvalue weighted by atomic mass is 16.5. The zero-order valence-electron chi connectivity index (χ0n) is 18.9. The standard InChI is InChI=1S/C25H32N4O3/c1-27-12-14-28(15-13-27)18-23(19-6-4-3-5-7-19)26-25(31)20-16-24(30)29(17-20)21-8-10-22(32-2)11-9-21/h3-11,20,23H,12-18H2,1-2H3,(H,26,31). The van der Waals surface area contributed by atoms with Gasteiger partial charge in [0, 0.05) is 51.4 Å². The van der Waals surface area contributed by atoms with Crippen molar-refractivity contribution in [2.45, 2.75) is 12.5 Å². The van der Waals surface area contributed by atoms with E-state index in [0.29, 0.717) is 6.54 Å². The molecule has 0 aromatic heterocycles. The van der Waals surface area contributed by atoms with Crippen LogP contribution in [0.4, 0.5) is 5.69 Å². The molecule has 0 spiro atoms. The monoisotopic (exact) mass is 436 g/mol. The molecule has 4 rings (SSSR count). The Morgan fingerprint density at radius 3 is 2.41 bits per heavy atom. The minimum Gasteiger partial charge on any atom is -0.497 e. The molecule has 2 atom stereocenters. The molecule has 2 aliphatic rings. The van der Waals surface area contributed by atoms with Crippen LogP contribution in [0.3, 0.4) is 0 Å². The zero-order chi connectivity index (χ0) is 22.5. The number of ether oxygens (including phenoxy) is 1. The number of nitrogens with one attached hydrogen (secondary N) is 1. The van der Waals surface area contributed by atoms with E-state index in [0.717, 1.165) is 49.7 Å². The molecule has 1 N–H and O–H groups in total. The van der Waals surface area contributed by atoms with Gasteiger partial charge in [-0.25, -0.2) is 0 Å². The first-order valence-corrected chi connectivity index (χ1v) is 11.2. The summed E-state index contributed by atoms with van der Waals surface area (Å²) in [7, 11) is 3.75. The van der Waals surface area contributed by atoms with Crippen molar-refractivity contribution in [3.8, 4) is 5.75 Å². The number of nitrogens with zero attached hydrogens (tertiary/aromatic N) is 3. The quantitative estimate of drug-likeness (QED) is 0.721. The molecule has 2 unspecified atom stereocenters. The molecule has 2 aromatic carbocycles. The van der Waals surface area contributed by atoms with Crippen LogP contribution in [0, 0.1) is 5.92 Å². The van der Waals surface area contributed by atoms with Crippen LogP contribution in [0.25, 0.3) is 0 Å². The third-order valence-corrected chi connectivity index (χ3v) is 6.44. The Balaban J connectivity index is 1.42. The molecular weight excluding hydrogens is 404 g/mol. The molecule has 7 heteroatoms. The summed E-state index contributed by atoms with van der Waals surface area (Å²) in [6.07, 6.45) is 0.230. The second-order valence-corrected chi connectivity index (χ2v) is 8.68. The number of methoxy groups -OCH3 is 1. The van der Waals surface area contributed by atoms with E-state index >= 15 is 0 Å². The summed E-state index contributed by atoms with van der Waals surface area (Å²) in [6.45, 7) is 5.21. The van der Waals surface area contributed by atoms with Crippen LogP contribution in [-0.2, 0) is 9.59 Å². The van der Waals surface area contributed by atoms with Gasteiger partial charge in [0.05, 0.1) is 19.1 Å². The lowest BCUT2D eigenvalue weighted by atomic mass is 10.0. The Bertz CT molecular complexity index is 911. The van der Waals surface area contributed by atoms with Crippen LogP contribution in [0.1, 0.15) is 18.0 Å². The number of piperazine rings is 1. The number of likely N-dealkylation sites (N-methyl/N-ethyl adjacent to an activating group) is 1. The van der Waals surface area contributed by atoms with Gasteiger partial charge in [-0.2, -0.15) is 0 Å². The Hall–Kier alpha value is -2.90. The molecule has 2 heterocycles. The Morgan fingerprint density at radius 2 is 1.75 bits per heavy atom. The molecule has 0 aliphatic carbocycles. The highest BCUT2D eigenvalue weighted by molar-refractivity contribution is 6.00. The van der Waals surface area contributed by atoms with E-state index in [1.54, 1.807) is 12.0 Å². The minimum atomic E-state index is -0.358. The van der Waals surface area contributed by atoms with E-state index in [4.69, 9.17) is 4.74 Å². The summed E-state index contributed by atoms with van der Waals surface area (Å²) >= 11 is 0. The van der Waals surface area contributed by atoms with E-state index in [1.807, 2.05) is 42.5 Å². The highest BCUT2D eigenvalue weighted by Crippen LogP contribution is 2.27. The maximum Gasteiger partial charge on any atom is 0.227 e. The van der Waals surface area contributed by atoms with E-state index < -0.39 is 0 Å². The summed E-state index contributed by atoms with van der Waals surface area (Å²) in [5.74, 6) is 0.301. The average Bonchev–Trinajstić information content (AvgIpc) is 3.22. The van der Waals surface area contributed by atoms with Crippen molar-refractivity contribution in [3.63, 3.8) is 0 Å². The Morgan fingerprint density at radius 1 is 1.06 bits per heavy atom. The lowest BCUT2D eigenvalue weighted by Gasteiger charge is -2.35. The highest BCUT2D eigenvalue weighted by Gasteiger charge is 2.36. The molecule has 2 amide bonds. The summed E-state index contributed by atoms with van der Waals surface area (Å²) in [6, 6.07) is 17.4. The molecule has 2 saturated heterocycles. The molecule has 2 aliphatic heterocycles. The van der Waals surface area contributed by atoms with Crippen molar-refractivity contribution >= 4 is 17.5 Å². The van der Waals surface area contributed by atoms with E-state index in [9.17, 15) is 9.59 Å². The van der Waals surface area contributed by atoms with Gasteiger partial charge in [0.25, 0.3) is 0 Å². The number of amides is 2. The van der Waals surface area contributed by atoms with Gasteiger partial charge in [0.2, 0.25) is 11.8 Å². The van der Waals surface area contributed by atoms with Crippen molar-refractivity contribution in [1.82, 2.24) is 15.1 Å². The molecule has 0 radical (unpaired) electrons. The molecule has 32 heavy (non-hydrogen) atoms. The fourth-order valence-electron chi connectivity index (χ4n) is 4.39. The maximum absolute atomic E-state index is 13.2. The normalized spacial score (nSPS) is 20.9. The predicted octanol–water partition coefficient (Wildman–Crippen LogP) is 2.15.